The summed E-state index contributed by atoms with van der Waals surface area (Å²) in [6.45, 7) is 2.39. The van der Waals surface area contributed by atoms with Gasteiger partial charge in [-0.1, -0.05) is 11.6 Å². The molecule has 1 atom stereocenters. The molecule has 2 rings (SSSR count). The number of piperidine rings is 1. The molecule has 0 aromatic heterocycles. The van der Waals surface area contributed by atoms with Crippen molar-refractivity contribution in [3.63, 3.8) is 0 Å². The fourth-order valence-electron chi connectivity index (χ4n) is 2.41. The van der Waals surface area contributed by atoms with Crippen molar-refractivity contribution in [2.24, 2.45) is 5.92 Å². The molecule has 1 unspecified atom stereocenters. The summed E-state index contributed by atoms with van der Waals surface area (Å²) in [5.41, 5.74) is 0.163. The number of benzene rings is 1. The molecule has 1 aromatic carbocycles. The summed E-state index contributed by atoms with van der Waals surface area (Å²) in [7, 11) is -3.59. The van der Waals surface area contributed by atoms with Crippen LogP contribution in [0.25, 0.3) is 0 Å². The van der Waals surface area contributed by atoms with Crippen molar-refractivity contribution in [2.75, 3.05) is 19.6 Å². The van der Waals surface area contributed by atoms with Crippen LogP contribution in [-0.2, 0) is 10.0 Å². The molecule has 0 radical (unpaired) electrons. The third-order valence-corrected chi connectivity index (χ3v) is 5.40. The zero-order valence-electron chi connectivity index (χ0n) is 11.6. The van der Waals surface area contributed by atoms with Crippen LogP contribution in [0.1, 0.15) is 24.8 Å². The number of sulfonamides is 1. The number of hydrogen-bond acceptors (Lipinski definition) is 4. The van der Waals surface area contributed by atoms with Gasteiger partial charge in [-0.2, -0.15) is 5.26 Å². The summed E-state index contributed by atoms with van der Waals surface area (Å²) < 4.78 is 26.9. The SMILES string of the molecule is N#Cc1cc(S(=O)(=O)NCCC2CCCNC2)ccc1Cl. The Kier molecular flexibility index (Phi) is 5.59. The first kappa shape index (κ1) is 16.2. The monoisotopic (exact) mass is 327 g/mol. The van der Waals surface area contributed by atoms with E-state index in [1.165, 1.54) is 18.2 Å². The van der Waals surface area contributed by atoms with Gasteiger partial charge in [0.05, 0.1) is 15.5 Å². The van der Waals surface area contributed by atoms with Gasteiger partial charge in [-0.05, 0) is 56.5 Å². The molecule has 1 saturated heterocycles. The number of nitriles is 1. The largest absolute Gasteiger partial charge is 0.316 e. The van der Waals surface area contributed by atoms with Crippen molar-refractivity contribution in [2.45, 2.75) is 24.2 Å². The van der Waals surface area contributed by atoms with Gasteiger partial charge in [-0.25, -0.2) is 13.1 Å². The van der Waals surface area contributed by atoms with Crippen LogP contribution in [0.2, 0.25) is 5.02 Å². The van der Waals surface area contributed by atoms with Gasteiger partial charge >= 0.3 is 0 Å². The van der Waals surface area contributed by atoms with E-state index >= 15 is 0 Å². The van der Waals surface area contributed by atoms with Gasteiger partial charge < -0.3 is 5.32 Å². The highest BCUT2D eigenvalue weighted by Gasteiger charge is 2.17. The highest BCUT2D eigenvalue weighted by atomic mass is 35.5. The van der Waals surface area contributed by atoms with E-state index in [0.29, 0.717) is 12.5 Å². The molecule has 5 nitrogen and oxygen atoms in total. The molecule has 7 heteroatoms. The van der Waals surface area contributed by atoms with Crippen molar-refractivity contribution in [1.29, 1.82) is 5.26 Å². The predicted molar refractivity (Wildman–Crippen MR) is 81.6 cm³/mol. The third kappa shape index (κ3) is 4.42. The molecular formula is C14H18ClN3O2S. The minimum Gasteiger partial charge on any atom is -0.316 e. The van der Waals surface area contributed by atoms with Crippen LogP contribution in [0.5, 0.6) is 0 Å². The number of nitrogens with one attached hydrogen (secondary N) is 2. The lowest BCUT2D eigenvalue weighted by atomic mass is 9.96. The second-order valence-corrected chi connectivity index (χ2v) is 7.33. The first-order valence-electron chi connectivity index (χ1n) is 6.93. The number of halogens is 1. The van der Waals surface area contributed by atoms with Crippen molar-refractivity contribution in [1.82, 2.24) is 10.0 Å². The second kappa shape index (κ2) is 7.23. The molecule has 0 saturated carbocycles. The molecule has 1 aliphatic heterocycles. The van der Waals surface area contributed by atoms with Gasteiger partial charge in [0, 0.05) is 6.54 Å². The lowest BCUT2D eigenvalue weighted by Crippen LogP contribution is -2.33. The van der Waals surface area contributed by atoms with Gasteiger partial charge in [-0.3, -0.25) is 0 Å². The maximum absolute atomic E-state index is 12.2. The standard InChI is InChI=1S/C14H18ClN3O2S/c15-14-4-3-13(8-12(14)9-16)21(19,20)18-7-5-11-2-1-6-17-10-11/h3-4,8,11,17-18H,1-2,5-7,10H2. The molecule has 0 spiro atoms. The quantitative estimate of drug-likeness (QED) is 0.865. The zero-order valence-corrected chi connectivity index (χ0v) is 13.2. The lowest BCUT2D eigenvalue weighted by Gasteiger charge is -2.22. The second-order valence-electron chi connectivity index (χ2n) is 5.15. The fraction of sp³-hybridized carbons (Fsp3) is 0.500. The van der Waals surface area contributed by atoms with Crippen molar-refractivity contribution in [3.8, 4) is 6.07 Å². The minimum absolute atomic E-state index is 0.0743. The van der Waals surface area contributed by atoms with Gasteiger partial charge in [0.2, 0.25) is 10.0 Å². The Morgan fingerprint density at radius 2 is 2.29 bits per heavy atom. The summed E-state index contributed by atoms with van der Waals surface area (Å²) in [5, 5.41) is 12.5. The zero-order chi connectivity index (χ0) is 15.3. The normalized spacial score (nSPS) is 19.1. The Labute approximate surface area is 130 Å². The summed E-state index contributed by atoms with van der Waals surface area (Å²) in [5.74, 6) is 0.515. The number of hydrogen-bond donors (Lipinski definition) is 2. The topological polar surface area (TPSA) is 82.0 Å². The maximum Gasteiger partial charge on any atom is 0.240 e. The van der Waals surface area contributed by atoms with Crippen molar-refractivity contribution >= 4 is 21.6 Å². The Bertz CT molecular complexity index is 634. The van der Waals surface area contributed by atoms with E-state index in [-0.39, 0.29) is 15.5 Å². The summed E-state index contributed by atoms with van der Waals surface area (Å²) in [4.78, 5) is 0.0743. The number of nitrogens with zero attached hydrogens (tertiary/aromatic N) is 1. The Morgan fingerprint density at radius 1 is 1.48 bits per heavy atom. The highest BCUT2D eigenvalue weighted by molar-refractivity contribution is 7.89. The van der Waals surface area contributed by atoms with Crippen molar-refractivity contribution < 1.29 is 8.42 Å². The van der Waals surface area contributed by atoms with E-state index in [0.717, 1.165) is 32.4 Å². The Morgan fingerprint density at radius 3 is 2.95 bits per heavy atom. The van der Waals surface area contributed by atoms with Crippen LogP contribution in [0.4, 0.5) is 0 Å². The smallest absolute Gasteiger partial charge is 0.240 e. The highest BCUT2D eigenvalue weighted by Crippen LogP contribution is 2.20. The van der Waals surface area contributed by atoms with Gasteiger partial charge in [-0.15, -0.1) is 0 Å². The van der Waals surface area contributed by atoms with Gasteiger partial charge in [0.25, 0.3) is 0 Å². The van der Waals surface area contributed by atoms with Crippen LogP contribution >= 0.6 is 11.6 Å². The maximum atomic E-state index is 12.2. The van der Waals surface area contributed by atoms with Crippen molar-refractivity contribution in [3.05, 3.63) is 28.8 Å². The summed E-state index contributed by atoms with van der Waals surface area (Å²) in [6.07, 6.45) is 3.08. The average Bonchev–Trinajstić information content (AvgIpc) is 2.48. The fourth-order valence-corrected chi connectivity index (χ4v) is 3.64. The lowest BCUT2D eigenvalue weighted by molar-refractivity contribution is 0.358. The minimum atomic E-state index is -3.59. The molecule has 2 N–H and O–H groups in total. The van der Waals surface area contributed by atoms with Crippen LogP contribution in [-0.4, -0.2) is 28.1 Å². The van der Waals surface area contributed by atoms with E-state index in [9.17, 15) is 8.42 Å². The molecule has 21 heavy (non-hydrogen) atoms. The molecule has 114 valence electrons. The molecular weight excluding hydrogens is 310 g/mol. The molecule has 1 fully saturated rings. The summed E-state index contributed by atoms with van der Waals surface area (Å²) in [6, 6.07) is 6.02. The third-order valence-electron chi connectivity index (χ3n) is 3.61. The van der Waals surface area contributed by atoms with E-state index in [4.69, 9.17) is 16.9 Å². The van der Waals surface area contributed by atoms with E-state index in [1.807, 2.05) is 6.07 Å². The van der Waals surface area contributed by atoms with Gasteiger partial charge in [0.1, 0.15) is 6.07 Å². The molecule has 1 heterocycles. The molecule has 0 aliphatic carbocycles. The molecule has 1 aromatic rings. The Hall–Kier alpha value is -1.13. The van der Waals surface area contributed by atoms with E-state index in [2.05, 4.69) is 10.0 Å². The summed E-state index contributed by atoms with van der Waals surface area (Å²) >= 11 is 5.81. The molecule has 1 aliphatic rings. The Balaban J connectivity index is 1.96. The van der Waals surface area contributed by atoms with Crippen LogP contribution in [0.3, 0.4) is 0 Å². The van der Waals surface area contributed by atoms with E-state index < -0.39 is 10.0 Å². The number of rotatable bonds is 5. The van der Waals surface area contributed by atoms with Crippen LogP contribution in [0.15, 0.2) is 23.1 Å². The average molecular weight is 328 g/mol. The first-order chi connectivity index (χ1) is 10.0. The van der Waals surface area contributed by atoms with E-state index in [1.54, 1.807) is 0 Å². The molecule has 0 amide bonds. The van der Waals surface area contributed by atoms with Crippen LogP contribution in [0, 0.1) is 17.2 Å². The molecule has 0 bridgehead atoms. The first-order valence-corrected chi connectivity index (χ1v) is 8.79. The van der Waals surface area contributed by atoms with Gasteiger partial charge in [0.15, 0.2) is 0 Å². The predicted octanol–water partition coefficient (Wildman–Crippen LogP) is 1.88. The van der Waals surface area contributed by atoms with Crippen LogP contribution < -0.4 is 10.0 Å².